The van der Waals surface area contributed by atoms with Crippen LogP contribution in [0, 0.1) is 19.7 Å². The Morgan fingerprint density at radius 2 is 2.08 bits per heavy atom. The van der Waals surface area contributed by atoms with Gasteiger partial charge in [-0.1, -0.05) is 5.16 Å². The summed E-state index contributed by atoms with van der Waals surface area (Å²) in [6.07, 6.45) is 2.32. The number of fused-ring (bicyclic) bond motifs is 1. The minimum absolute atomic E-state index is 0.218. The third-order valence-corrected chi connectivity index (χ3v) is 4.45. The number of benzene rings is 1. The molecule has 7 heteroatoms. The first-order valence-electron chi connectivity index (χ1n) is 8.07. The molecule has 0 fully saturated rings. The van der Waals surface area contributed by atoms with Gasteiger partial charge in [0.05, 0.1) is 17.1 Å². The molecule has 0 saturated heterocycles. The Balaban J connectivity index is 1.70. The molecule has 25 heavy (non-hydrogen) atoms. The van der Waals surface area contributed by atoms with Crippen LogP contribution in [0.15, 0.2) is 39.8 Å². The van der Waals surface area contributed by atoms with Gasteiger partial charge in [0.25, 0.3) is 5.56 Å². The average Bonchev–Trinajstić information content (AvgIpc) is 3.01. The molecule has 1 aliphatic heterocycles. The Bertz CT molecular complexity index is 1010. The van der Waals surface area contributed by atoms with Crippen molar-refractivity contribution >= 4 is 5.69 Å². The second kappa shape index (κ2) is 5.84. The Morgan fingerprint density at radius 1 is 1.24 bits per heavy atom. The maximum Gasteiger partial charge on any atom is 0.258 e. The lowest BCUT2D eigenvalue weighted by Crippen LogP contribution is -2.30. The molecule has 0 spiro atoms. The Labute approximate surface area is 143 Å². The number of hydrogen-bond acceptors (Lipinski definition) is 5. The molecule has 0 saturated carbocycles. The van der Waals surface area contributed by atoms with Crippen molar-refractivity contribution in [1.82, 2.24) is 14.7 Å². The molecule has 1 aliphatic rings. The number of nitrogens with zero attached hydrogens (tertiary/aromatic N) is 4. The molecule has 2 aromatic heterocycles. The van der Waals surface area contributed by atoms with Crippen LogP contribution in [0.1, 0.15) is 22.8 Å². The zero-order valence-electron chi connectivity index (χ0n) is 14.0. The van der Waals surface area contributed by atoms with Crippen molar-refractivity contribution in [3.8, 4) is 5.69 Å². The lowest BCUT2D eigenvalue weighted by atomic mass is 10.1. The van der Waals surface area contributed by atoms with Gasteiger partial charge in [0.2, 0.25) is 0 Å². The van der Waals surface area contributed by atoms with Gasteiger partial charge in [0.1, 0.15) is 17.9 Å². The minimum Gasteiger partial charge on any atom is -0.364 e. The second-order valence-corrected chi connectivity index (χ2v) is 6.21. The predicted molar refractivity (Wildman–Crippen MR) is 90.5 cm³/mol. The van der Waals surface area contributed by atoms with E-state index in [0.717, 1.165) is 11.3 Å². The Kier molecular flexibility index (Phi) is 3.63. The van der Waals surface area contributed by atoms with E-state index < -0.39 is 0 Å². The van der Waals surface area contributed by atoms with Crippen LogP contribution in [0.4, 0.5) is 10.1 Å². The van der Waals surface area contributed by atoms with Gasteiger partial charge in [-0.05, 0) is 26.0 Å². The quantitative estimate of drug-likeness (QED) is 0.717. The zero-order chi connectivity index (χ0) is 17.6. The molecule has 4 rings (SSSR count). The van der Waals surface area contributed by atoms with E-state index in [2.05, 4.69) is 10.1 Å². The number of halogens is 1. The fourth-order valence-electron chi connectivity index (χ4n) is 3.29. The average molecular weight is 340 g/mol. The highest BCUT2D eigenvalue weighted by Gasteiger charge is 2.22. The third kappa shape index (κ3) is 2.71. The van der Waals surface area contributed by atoms with Crippen LogP contribution in [0.2, 0.25) is 0 Å². The summed E-state index contributed by atoms with van der Waals surface area (Å²) in [5, 5.41) is 3.95. The van der Waals surface area contributed by atoms with Crippen LogP contribution in [0.3, 0.4) is 0 Å². The van der Waals surface area contributed by atoms with Crippen LogP contribution < -0.4 is 10.5 Å². The summed E-state index contributed by atoms with van der Waals surface area (Å²) in [6.45, 7) is 4.72. The van der Waals surface area contributed by atoms with Crippen LogP contribution in [0.25, 0.3) is 5.69 Å². The first kappa shape index (κ1) is 15.6. The zero-order valence-corrected chi connectivity index (χ0v) is 14.0. The minimum atomic E-state index is -0.371. The molecule has 0 bridgehead atoms. The SMILES string of the molecule is Cc1cc(=O)n(-c2ccc(N3CCc4nocc4C3)c(F)c2)c(C)n1. The summed E-state index contributed by atoms with van der Waals surface area (Å²) in [6, 6.07) is 6.27. The number of rotatable bonds is 2. The largest absolute Gasteiger partial charge is 0.364 e. The highest BCUT2D eigenvalue weighted by Crippen LogP contribution is 2.27. The molecule has 0 radical (unpaired) electrons. The topological polar surface area (TPSA) is 64.2 Å². The second-order valence-electron chi connectivity index (χ2n) is 6.21. The van der Waals surface area contributed by atoms with Crippen molar-refractivity contribution in [2.75, 3.05) is 11.4 Å². The molecular weight excluding hydrogens is 323 g/mol. The third-order valence-electron chi connectivity index (χ3n) is 4.45. The summed E-state index contributed by atoms with van der Waals surface area (Å²) < 4.78 is 21.1. The van der Waals surface area contributed by atoms with Crippen molar-refractivity contribution in [3.05, 3.63) is 69.5 Å². The maximum absolute atomic E-state index is 14.7. The van der Waals surface area contributed by atoms with E-state index in [4.69, 9.17) is 4.52 Å². The molecule has 1 aromatic carbocycles. The van der Waals surface area contributed by atoms with E-state index in [9.17, 15) is 9.18 Å². The summed E-state index contributed by atoms with van der Waals surface area (Å²) in [5.41, 5.74) is 3.31. The van der Waals surface area contributed by atoms with Gasteiger partial charge in [-0.2, -0.15) is 0 Å². The van der Waals surface area contributed by atoms with Gasteiger partial charge < -0.3 is 9.42 Å². The smallest absolute Gasteiger partial charge is 0.258 e. The van der Waals surface area contributed by atoms with Crippen molar-refractivity contribution in [2.24, 2.45) is 0 Å². The Morgan fingerprint density at radius 3 is 2.84 bits per heavy atom. The van der Waals surface area contributed by atoms with Gasteiger partial charge in [-0.25, -0.2) is 9.37 Å². The first-order valence-corrected chi connectivity index (χ1v) is 8.07. The predicted octanol–water partition coefficient (Wildman–Crippen LogP) is 2.54. The molecule has 128 valence electrons. The van der Waals surface area contributed by atoms with Gasteiger partial charge >= 0.3 is 0 Å². The first-order chi connectivity index (χ1) is 12.0. The lowest BCUT2D eigenvalue weighted by molar-refractivity contribution is 0.412. The van der Waals surface area contributed by atoms with Gasteiger partial charge in [0.15, 0.2) is 0 Å². The van der Waals surface area contributed by atoms with Gasteiger partial charge in [-0.15, -0.1) is 0 Å². The standard InChI is InChI=1S/C18H17FN4O2/c1-11-7-18(24)23(12(2)20-11)14-3-4-17(15(19)8-14)22-6-5-16-13(9-22)10-25-21-16/h3-4,7-8,10H,5-6,9H2,1-2H3. The van der Waals surface area contributed by atoms with E-state index >= 15 is 0 Å². The molecule has 6 nitrogen and oxygen atoms in total. The fourth-order valence-corrected chi connectivity index (χ4v) is 3.29. The van der Waals surface area contributed by atoms with Gasteiger partial charge in [0, 0.05) is 42.9 Å². The molecular formula is C18H17FN4O2. The van der Waals surface area contributed by atoms with Crippen LogP contribution in [-0.4, -0.2) is 21.3 Å². The highest BCUT2D eigenvalue weighted by molar-refractivity contribution is 5.54. The van der Waals surface area contributed by atoms with E-state index in [1.807, 2.05) is 4.90 Å². The normalized spacial score (nSPS) is 13.8. The number of hydrogen-bond donors (Lipinski definition) is 0. The van der Waals surface area contributed by atoms with E-state index in [1.165, 1.54) is 16.7 Å². The van der Waals surface area contributed by atoms with Crippen LogP contribution in [-0.2, 0) is 13.0 Å². The van der Waals surface area contributed by atoms with E-state index in [0.29, 0.717) is 42.4 Å². The summed E-state index contributed by atoms with van der Waals surface area (Å²) >= 11 is 0. The van der Waals surface area contributed by atoms with Crippen molar-refractivity contribution in [1.29, 1.82) is 0 Å². The molecule has 0 N–H and O–H groups in total. The summed E-state index contributed by atoms with van der Waals surface area (Å²) in [5.74, 6) is 0.161. The summed E-state index contributed by atoms with van der Waals surface area (Å²) in [4.78, 5) is 18.5. The molecule has 0 amide bonds. The fraction of sp³-hybridized carbons (Fsp3) is 0.278. The van der Waals surface area contributed by atoms with Gasteiger partial charge in [-0.3, -0.25) is 9.36 Å². The van der Waals surface area contributed by atoms with Crippen LogP contribution in [0.5, 0.6) is 0 Å². The maximum atomic E-state index is 14.7. The molecule has 0 atom stereocenters. The number of aromatic nitrogens is 3. The van der Waals surface area contributed by atoms with Crippen molar-refractivity contribution in [2.45, 2.75) is 26.8 Å². The van der Waals surface area contributed by atoms with Crippen molar-refractivity contribution in [3.63, 3.8) is 0 Å². The van der Waals surface area contributed by atoms with Crippen LogP contribution >= 0.6 is 0 Å². The summed E-state index contributed by atoms with van der Waals surface area (Å²) in [7, 11) is 0. The molecule has 3 aromatic rings. The molecule has 3 heterocycles. The Hall–Kier alpha value is -2.96. The monoisotopic (exact) mass is 340 g/mol. The number of anilines is 1. The molecule has 0 aliphatic carbocycles. The van der Waals surface area contributed by atoms with E-state index in [-0.39, 0.29) is 11.4 Å². The molecule has 0 unspecified atom stereocenters. The highest BCUT2D eigenvalue weighted by atomic mass is 19.1. The number of aryl methyl sites for hydroxylation is 2. The van der Waals surface area contributed by atoms with E-state index in [1.54, 1.807) is 32.2 Å². The van der Waals surface area contributed by atoms with Crippen molar-refractivity contribution < 1.29 is 8.91 Å². The lowest BCUT2D eigenvalue weighted by Gasteiger charge is -2.28.